The van der Waals surface area contributed by atoms with E-state index in [-0.39, 0.29) is 34.6 Å². The minimum Gasteiger partial charge on any atom is -0.495 e. The Morgan fingerprint density at radius 1 is 1.07 bits per heavy atom. The SMILES string of the molecule is COc1ccc(Cl)cc1N(CC(=O)N(Cc1ccc(Br)cc1)[C@H](C)C(=O)NC(C)C)S(=O)(=O)c1ccc(C)c([N+](=O)[O-])c1. The number of nitrogens with one attached hydrogen (secondary N) is 1. The highest BCUT2D eigenvalue weighted by molar-refractivity contribution is 9.10. The van der Waals surface area contributed by atoms with E-state index in [0.717, 1.165) is 14.8 Å². The zero-order valence-electron chi connectivity index (χ0n) is 24.2. The number of hydrogen-bond donors (Lipinski definition) is 1. The van der Waals surface area contributed by atoms with E-state index >= 15 is 0 Å². The Labute approximate surface area is 264 Å². The standard InChI is InChI=1S/C29H32BrClN4O7S/c1-18(2)32-29(37)20(4)33(16-21-7-9-22(30)10-8-21)28(36)17-34(26-14-23(31)11-13-27(26)42-5)43(40,41)24-12-6-19(3)25(15-24)35(38)39/h6-15,18,20H,16-17H2,1-5H3,(H,32,37)/t20-/m1/s1. The van der Waals surface area contributed by atoms with E-state index in [2.05, 4.69) is 21.2 Å². The molecule has 3 aromatic rings. The second kappa shape index (κ2) is 14.2. The van der Waals surface area contributed by atoms with Crippen LogP contribution in [0.5, 0.6) is 5.75 Å². The molecule has 0 aliphatic rings. The van der Waals surface area contributed by atoms with Crippen LogP contribution in [0.25, 0.3) is 0 Å². The lowest BCUT2D eigenvalue weighted by molar-refractivity contribution is -0.385. The summed E-state index contributed by atoms with van der Waals surface area (Å²) in [6.07, 6.45) is 0. The molecule has 0 bridgehead atoms. The molecule has 0 aliphatic heterocycles. The highest BCUT2D eigenvalue weighted by Crippen LogP contribution is 2.36. The molecule has 230 valence electrons. The van der Waals surface area contributed by atoms with Crippen molar-refractivity contribution in [3.63, 3.8) is 0 Å². The van der Waals surface area contributed by atoms with E-state index in [4.69, 9.17) is 16.3 Å². The van der Waals surface area contributed by atoms with Crippen LogP contribution < -0.4 is 14.4 Å². The Balaban J connectivity index is 2.16. The summed E-state index contributed by atoms with van der Waals surface area (Å²) in [6.45, 7) is 5.83. The van der Waals surface area contributed by atoms with E-state index < -0.39 is 49.9 Å². The van der Waals surface area contributed by atoms with Crippen molar-refractivity contribution < 1.29 is 27.7 Å². The Morgan fingerprint density at radius 2 is 1.72 bits per heavy atom. The van der Waals surface area contributed by atoms with Crippen LogP contribution in [-0.4, -0.2) is 55.8 Å². The number of halogens is 2. The van der Waals surface area contributed by atoms with Crippen LogP contribution in [0.3, 0.4) is 0 Å². The van der Waals surface area contributed by atoms with Crippen LogP contribution >= 0.6 is 27.5 Å². The highest BCUT2D eigenvalue weighted by atomic mass is 79.9. The molecule has 1 N–H and O–H groups in total. The maximum atomic E-state index is 14.2. The maximum Gasteiger partial charge on any atom is 0.273 e. The van der Waals surface area contributed by atoms with Crippen LogP contribution in [-0.2, 0) is 26.2 Å². The normalized spacial score (nSPS) is 12.0. The number of carbonyl (C=O) groups excluding carboxylic acids is 2. The van der Waals surface area contributed by atoms with Crippen LogP contribution in [0.2, 0.25) is 5.02 Å². The number of nitro benzene ring substituents is 1. The summed E-state index contributed by atoms with van der Waals surface area (Å²) >= 11 is 9.62. The Hall–Kier alpha value is -3.68. The van der Waals surface area contributed by atoms with E-state index in [9.17, 15) is 28.1 Å². The maximum absolute atomic E-state index is 14.2. The number of nitrogens with zero attached hydrogens (tertiary/aromatic N) is 3. The largest absolute Gasteiger partial charge is 0.495 e. The van der Waals surface area contributed by atoms with Gasteiger partial charge in [-0.15, -0.1) is 0 Å². The number of rotatable bonds is 12. The number of hydrogen-bond acceptors (Lipinski definition) is 7. The van der Waals surface area contributed by atoms with E-state index in [0.29, 0.717) is 5.56 Å². The number of sulfonamides is 1. The van der Waals surface area contributed by atoms with Crippen molar-refractivity contribution >= 4 is 60.7 Å². The monoisotopic (exact) mass is 694 g/mol. The Kier molecular flexibility index (Phi) is 11.2. The van der Waals surface area contributed by atoms with Gasteiger partial charge in [-0.2, -0.15) is 0 Å². The van der Waals surface area contributed by atoms with Crippen molar-refractivity contribution in [1.82, 2.24) is 10.2 Å². The summed E-state index contributed by atoms with van der Waals surface area (Å²) in [7, 11) is -3.28. The van der Waals surface area contributed by atoms with Gasteiger partial charge in [0, 0.05) is 33.7 Å². The molecule has 0 fully saturated rings. The minimum absolute atomic E-state index is 0.00460. The molecular formula is C29H32BrClN4O7S. The van der Waals surface area contributed by atoms with Gasteiger partial charge in [0.2, 0.25) is 11.8 Å². The van der Waals surface area contributed by atoms with Gasteiger partial charge in [0.1, 0.15) is 18.3 Å². The van der Waals surface area contributed by atoms with Crippen molar-refractivity contribution in [1.29, 1.82) is 0 Å². The quantitative estimate of drug-likeness (QED) is 0.196. The number of amides is 2. The fourth-order valence-electron chi connectivity index (χ4n) is 4.22. The first-order valence-corrected chi connectivity index (χ1v) is 15.7. The van der Waals surface area contributed by atoms with Gasteiger partial charge in [-0.3, -0.25) is 24.0 Å². The number of carbonyl (C=O) groups is 2. The van der Waals surface area contributed by atoms with Gasteiger partial charge < -0.3 is 15.0 Å². The van der Waals surface area contributed by atoms with Crippen LogP contribution in [0.4, 0.5) is 11.4 Å². The van der Waals surface area contributed by atoms with Crippen LogP contribution in [0.15, 0.2) is 70.0 Å². The first kappa shape index (κ1) is 33.8. The lowest BCUT2D eigenvalue weighted by Crippen LogP contribution is -2.52. The molecule has 0 radical (unpaired) electrons. The molecule has 0 spiro atoms. The zero-order chi connectivity index (χ0) is 32.1. The van der Waals surface area contributed by atoms with Crippen molar-refractivity contribution in [2.24, 2.45) is 0 Å². The second-order valence-electron chi connectivity index (χ2n) is 10.0. The fraction of sp³-hybridized carbons (Fsp3) is 0.310. The molecule has 0 heterocycles. The first-order valence-electron chi connectivity index (χ1n) is 13.1. The molecule has 0 saturated heterocycles. The molecule has 3 rings (SSSR count). The van der Waals surface area contributed by atoms with E-state index in [1.807, 2.05) is 0 Å². The number of nitro groups is 1. The highest BCUT2D eigenvalue weighted by Gasteiger charge is 2.35. The molecule has 14 heteroatoms. The molecule has 0 unspecified atom stereocenters. The number of aryl methyl sites for hydroxylation is 1. The van der Waals surface area contributed by atoms with Crippen molar-refractivity contribution in [2.45, 2.75) is 51.2 Å². The minimum atomic E-state index is -4.61. The summed E-state index contributed by atoms with van der Waals surface area (Å²) in [5, 5.41) is 14.6. The lowest BCUT2D eigenvalue weighted by Gasteiger charge is -2.32. The average molecular weight is 696 g/mol. The predicted octanol–water partition coefficient (Wildman–Crippen LogP) is 5.46. The summed E-state index contributed by atoms with van der Waals surface area (Å²) in [6, 6.07) is 13.7. The van der Waals surface area contributed by atoms with Crippen molar-refractivity contribution in [3.05, 3.63) is 91.4 Å². The van der Waals surface area contributed by atoms with Gasteiger partial charge in [-0.05, 0) is 69.7 Å². The van der Waals surface area contributed by atoms with E-state index in [1.165, 1.54) is 49.3 Å². The topological polar surface area (TPSA) is 139 Å². The molecule has 3 aromatic carbocycles. The molecule has 1 atom stereocenters. The van der Waals surface area contributed by atoms with Crippen molar-refractivity contribution in [3.8, 4) is 5.75 Å². The summed E-state index contributed by atoms with van der Waals surface area (Å²) in [5.41, 5.74) is 0.498. The lowest BCUT2D eigenvalue weighted by atomic mass is 10.1. The van der Waals surface area contributed by atoms with Gasteiger partial charge in [0.25, 0.3) is 15.7 Å². The zero-order valence-corrected chi connectivity index (χ0v) is 27.4. The first-order chi connectivity index (χ1) is 20.1. The smallest absolute Gasteiger partial charge is 0.273 e. The number of ether oxygens (including phenoxy) is 1. The molecule has 43 heavy (non-hydrogen) atoms. The molecular weight excluding hydrogens is 664 g/mol. The molecule has 0 aromatic heterocycles. The Bertz CT molecular complexity index is 1620. The third kappa shape index (κ3) is 8.24. The number of anilines is 1. The van der Waals surface area contributed by atoms with Gasteiger partial charge >= 0.3 is 0 Å². The third-order valence-corrected chi connectivity index (χ3v) is 9.04. The van der Waals surface area contributed by atoms with Crippen LogP contribution in [0.1, 0.15) is 31.9 Å². The number of methoxy groups -OCH3 is 1. The average Bonchev–Trinajstić information content (AvgIpc) is 2.94. The summed E-state index contributed by atoms with van der Waals surface area (Å²) in [5.74, 6) is -1.04. The third-order valence-electron chi connectivity index (χ3n) is 6.52. The molecule has 11 nitrogen and oxygen atoms in total. The molecule has 0 saturated carbocycles. The number of benzene rings is 3. The fourth-order valence-corrected chi connectivity index (χ4v) is 6.09. The molecule has 2 amide bonds. The van der Waals surface area contributed by atoms with Crippen LogP contribution in [0, 0.1) is 17.0 Å². The van der Waals surface area contributed by atoms with Crippen molar-refractivity contribution in [2.75, 3.05) is 18.0 Å². The van der Waals surface area contributed by atoms with Gasteiger partial charge in [-0.1, -0.05) is 45.7 Å². The predicted molar refractivity (Wildman–Crippen MR) is 168 cm³/mol. The second-order valence-corrected chi connectivity index (χ2v) is 13.2. The van der Waals surface area contributed by atoms with E-state index in [1.54, 1.807) is 45.0 Å². The van der Waals surface area contributed by atoms with Gasteiger partial charge in [0.15, 0.2) is 0 Å². The Morgan fingerprint density at radius 3 is 2.30 bits per heavy atom. The summed E-state index contributed by atoms with van der Waals surface area (Å²) in [4.78, 5) is 38.9. The molecule has 0 aliphatic carbocycles. The summed E-state index contributed by atoms with van der Waals surface area (Å²) < 4.78 is 35.3. The van der Waals surface area contributed by atoms with Gasteiger partial charge in [0.05, 0.1) is 22.6 Å². The van der Waals surface area contributed by atoms with Gasteiger partial charge in [-0.25, -0.2) is 8.42 Å².